The van der Waals surface area contributed by atoms with Crippen LogP contribution < -0.4 is 9.47 Å². The van der Waals surface area contributed by atoms with Crippen molar-refractivity contribution >= 4 is 5.97 Å². The van der Waals surface area contributed by atoms with Crippen LogP contribution in [0.1, 0.15) is 39.5 Å². The molecular formula is C35H28O4. The van der Waals surface area contributed by atoms with Crippen molar-refractivity contribution < 1.29 is 19.0 Å². The van der Waals surface area contributed by atoms with Crippen LogP contribution in [0.3, 0.4) is 0 Å². The quantitative estimate of drug-likeness (QED) is 0.222. The van der Waals surface area contributed by atoms with E-state index in [9.17, 15) is 4.79 Å². The van der Waals surface area contributed by atoms with Crippen LogP contribution >= 0.6 is 0 Å². The Labute approximate surface area is 228 Å². The molecule has 192 valence electrons. The van der Waals surface area contributed by atoms with Crippen molar-refractivity contribution in [2.75, 3.05) is 6.61 Å². The maximum absolute atomic E-state index is 11.0. The monoisotopic (exact) mass is 512 g/mol. The highest BCUT2D eigenvalue weighted by atomic mass is 16.5. The molecule has 39 heavy (non-hydrogen) atoms. The fourth-order valence-corrected chi connectivity index (χ4v) is 5.02. The van der Waals surface area contributed by atoms with Crippen LogP contribution in [0.25, 0.3) is 11.1 Å². The zero-order chi connectivity index (χ0) is 26.6. The number of fused-ring (bicyclic) bond motifs is 4. The van der Waals surface area contributed by atoms with Crippen molar-refractivity contribution in [3.8, 4) is 34.1 Å². The number of hydrogen-bond acceptors (Lipinski definition) is 4. The molecule has 4 nitrogen and oxygen atoms in total. The molecule has 0 saturated carbocycles. The second-order valence-electron chi connectivity index (χ2n) is 9.46. The average Bonchev–Trinajstić information content (AvgIpc) is 2.99. The molecule has 0 aromatic heterocycles. The Kier molecular flexibility index (Phi) is 6.84. The van der Waals surface area contributed by atoms with E-state index >= 15 is 0 Å². The van der Waals surface area contributed by atoms with Crippen molar-refractivity contribution in [1.82, 2.24) is 0 Å². The Bertz CT molecular complexity index is 1640. The van der Waals surface area contributed by atoms with E-state index in [0.29, 0.717) is 12.2 Å². The van der Waals surface area contributed by atoms with Gasteiger partial charge in [0.1, 0.15) is 23.0 Å². The first-order valence-corrected chi connectivity index (χ1v) is 13.2. The minimum atomic E-state index is -0.256. The van der Waals surface area contributed by atoms with Gasteiger partial charge in [-0.3, -0.25) is 0 Å². The first kappa shape index (κ1) is 24.5. The number of rotatable bonds is 3. The molecule has 5 aromatic rings. The van der Waals surface area contributed by atoms with Crippen LogP contribution in [0.15, 0.2) is 115 Å². The molecule has 2 heterocycles. The fraction of sp³-hybridized carbons (Fsp3) is 0.114. The molecule has 2 aliphatic rings. The van der Waals surface area contributed by atoms with Gasteiger partial charge in [-0.1, -0.05) is 72.8 Å². The number of esters is 1. The molecule has 0 radical (unpaired) electrons. The Balaban J connectivity index is 0.000000213. The van der Waals surface area contributed by atoms with E-state index in [-0.39, 0.29) is 5.97 Å². The number of carbonyl (C=O) groups is 1. The molecule has 0 bridgehead atoms. The number of hydrogen-bond donors (Lipinski definition) is 0. The van der Waals surface area contributed by atoms with Crippen LogP contribution in [-0.4, -0.2) is 12.6 Å². The Morgan fingerprint density at radius 3 is 2.00 bits per heavy atom. The van der Waals surface area contributed by atoms with E-state index in [1.165, 1.54) is 33.4 Å². The predicted octanol–water partition coefficient (Wildman–Crippen LogP) is 8.61. The van der Waals surface area contributed by atoms with Crippen LogP contribution in [-0.2, 0) is 17.6 Å². The number of ether oxygens (including phenoxy) is 3. The molecule has 0 spiro atoms. The second-order valence-corrected chi connectivity index (χ2v) is 9.46. The molecule has 0 saturated heterocycles. The average molecular weight is 513 g/mol. The summed E-state index contributed by atoms with van der Waals surface area (Å²) in [5, 5.41) is 0. The minimum Gasteiger partial charge on any atom is -0.462 e. The van der Waals surface area contributed by atoms with Gasteiger partial charge in [-0.15, -0.1) is 0 Å². The lowest BCUT2D eigenvalue weighted by molar-refractivity contribution is 0.0526. The third-order valence-electron chi connectivity index (χ3n) is 6.92. The molecule has 5 aromatic carbocycles. The molecule has 0 fully saturated rings. The van der Waals surface area contributed by atoms with Gasteiger partial charge >= 0.3 is 5.97 Å². The van der Waals surface area contributed by atoms with Gasteiger partial charge in [-0.05, 0) is 77.2 Å². The lowest BCUT2D eigenvalue weighted by Crippen LogP contribution is -2.05. The topological polar surface area (TPSA) is 44.8 Å². The third kappa shape index (κ3) is 5.14. The summed E-state index contributed by atoms with van der Waals surface area (Å²) in [5.41, 5.74) is 7.99. The first-order chi connectivity index (χ1) is 19.2. The Morgan fingerprint density at radius 2 is 1.26 bits per heavy atom. The molecule has 0 atom stereocenters. The summed E-state index contributed by atoms with van der Waals surface area (Å²) < 4.78 is 17.1. The van der Waals surface area contributed by atoms with Gasteiger partial charge in [-0.2, -0.15) is 0 Å². The summed E-state index contributed by atoms with van der Waals surface area (Å²) >= 11 is 0. The zero-order valence-electron chi connectivity index (χ0n) is 21.7. The van der Waals surface area contributed by atoms with Gasteiger partial charge in [-0.25, -0.2) is 4.79 Å². The van der Waals surface area contributed by atoms with Crippen molar-refractivity contribution in [3.05, 3.63) is 143 Å². The van der Waals surface area contributed by atoms with E-state index in [4.69, 9.17) is 14.2 Å². The normalized spacial score (nSPS) is 12.1. The second kappa shape index (κ2) is 10.9. The van der Waals surface area contributed by atoms with E-state index < -0.39 is 0 Å². The molecule has 0 aliphatic carbocycles. The highest BCUT2D eigenvalue weighted by Gasteiger charge is 2.22. The molecule has 7 rings (SSSR count). The zero-order valence-corrected chi connectivity index (χ0v) is 21.7. The Morgan fingerprint density at radius 1 is 0.641 bits per heavy atom. The number of para-hydroxylation sites is 2. The SMILES string of the molecule is CCOC(=O)c1ccccc1.c1ccc2c(c1)Cc1cc(-c3cccc4c3Cc3ccccc3O4)ccc1O2. The molecule has 0 amide bonds. The standard InChI is InChI=1S/C26H18O2.C9H10O2/c1-3-9-23-18(6-1)15-20-14-17(12-13-25(20)27-23)21-8-5-11-26-22(21)16-19-7-2-4-10-24(19)28-26;1-2-11-9(10)8-6-4-3-5-7-8/h1-14H,15-16H2;3-7H,2H2,1H3. The Hall–Kier alpha value is -4.83. The van der Waals surface area contributed by atoms with Crippen LogP contribution in [0, 0.1) is 0 Å². The van der Waals surface area contributed by atoms with Crippen LogP contribution in [0.2, 0.25) is 0 Å². The van der Waals surface area contributed by atoms with Gasteiger partial charge in [0.25, 0.3) is 0 Å². The summed E-state index contributed by atoms with van der Waals surface area (Å²) in [4.78, 5) is 11.0. The van der Waals surface area contributed by atoms with Gasteiger partial charge in [0, 0.05) is 18.4 Å². The van der Waals surface area contributed by atoms with E-state index in [1.807, 2.05) is 42.5 Å². The molecule has 0 N–H and O–H groups in total. The summed E-state index contributed by atoms with van der Waals surface area (Å²) in [6, 6.07) is 38.3. The van der Waals surface area contributed by atoms with Gasteiger partial charge in [0.15, 0.2) is 0 Å². The maximum Gasteiger partial charge on any atom is 0.338 e. The lowest BCUT2D eigenvalue weighted by atomic mass is 9.90. The molecular weight excluding hydrogens is 484 g/mol. The van der Waals surface area contributed by atoms with E-state index in [2.05, 4.69) is 60.7 Å². The third-order valence-corrected chi connectivity index (χ3v) is 6.92. The molecule has 2 aliphatic heterocycles. The van der Waals surface area contributed by atoms with E-state index in [1.54, 1.807) is 19.1 Å². The first-order valence-electron chi connectivity index (χ1n) is 13.2. The smallest absolute Gasteiger partial charge is 0.338 e. The van der Waals surface area contributed by atoms with Crippen molar-refractivity contribution in [2.24, 2.45) is 0 Å². The number of benzene rings is 5. The van der Waals surface area contributed by atoms with Crippen LogP contribution in [0.5, 0.6) is 23.0 Å². The fourth-order valence-electron chi connectivity index (χ4n) is 5.02. The summed E-state index contributed by atoms with van der Waals surface area (Å²) in [6.07, 6.45) is 1.78. The summed E-state index contributed by atoms with van der Waals surface area (Å²) in [5.74, 6) is 3.57. The highest BCUT2D eigenvalue weighted by Crippen LogP contribution is 2.43. The van der Waals surface area contributed by atoms with Gasteiger partial charge < -0.3 is 14.2 Å². The van der Waals surface area contributed by atoms with Gasteiger partial charge in [0.05, 0.1) is 12.2 Å². The predicted molar refractivity (Wildman–Crippen MR) is 153 cm³/mol. The lowest BCUT2D eigenvalue weighted by Gasteiger charge is -2.24. The molecule has 4 heteroatoms. The highest BCUT2D eigenvalue weighted by molar-refractivity contribution is 5.89. The maximum atomic E-state index is 11.0. The van der Waals surface area contributed by atoms with Gasteiger partial charge in [0.2, 0.25) is 0 Å². The molecule has 0 unspecified atom stereocenters. The van der Waals surface area contributed by atoms with Crippen molar-refractivity contribution in [3.63, 3.8) is 0 Å². The number of carbonyl (C=O) groups excluding carboxylic acids is 1. The largest absolute Gasteiger partial charge is 0.462 e. The van der Waals surface area contributed by atoms with Crippen molar-refractivity contribution in [1.29, 1.82) is 0 Å². The summed E-state index contributed by atoms with van der Waals surface area (Å²) in [6.45, 7) is 2.22. The van der Waals surface area contributed by atoms with Crippen LogP contribution in [0.4, 0.5) is 0 Å². The summed E-state index contributed by atoms with van der Waals surface area (Å²) in [7, 11) is 0. The minimum absolute atomic E-state index is 0.256. The van der Waals surface area contributed by atoms with E-state index in [0.717, 1.165) is 35.8 Å². The van der Waals surface area contributed by atoms with Crippen molar-refractivity contribution in [2.45, 2.75) is 19.8 Å².